The highest BCUT2D eigenvalue weighted by molar-refractivity contribution is 7.99. The molecule has 3 unspecified atom stereocenters. The Bertz CT molecular complexity index is 161. The SMILES string of the molecule is CCCCC(CC)CC(CSC(C)CC)NC. The van der Waals surface area contributed by atoms with Gasteiger partial charge < -0.3 is 5.32 Å². The zero-order chi connectivity index (χ0) is 13.1. The third-order valence-corrected chi connectivity index (χ3v) is 5.22. The maximum Gasteiger partial charge on any atom is 0.0157 e. The van der Waals surface area contributed by atoms with E-state index < -0.39 is 0 Å². The van der Waals surface area contributed by atoms with E-state index in [-0.39, 0.29) is 0 Å². The van der Waals surface area contributed by atoms with Gasteiger partial charge in [0, 0.05) is 17.0 Å². The Morgan fingerprint density at radius 2 is 1.82 bits per heavy atom. The first kappa shape index (κ1) is 17.3. The molecule has 2 heteroatoms. The molecular weight excluding hydrogens is 226 g/mol. The predicted molar refractivity (Wildman–Crippen MR) is 83.0 cm³/mol. The summed E-state index contributed by atoms with van der Waals surface area (Å²) in [7, 11) is 2.12. The molecule has 0 aliphatic heterocycles. The van der Waals surface area contributed by atoms with Gasteiger partial charge in [0.25, 0.3) is 0 Å². The molecule has 0 fully saturated rings. The summed E-state index contributed by atoms with van der Waals surface area (Å²) in [5.74, 6) is 2.19. The summed E-state index contributed by atoms with van der Waals surface area (Å²) in [6.07, 6.45) is 8.13. The monoisotopic (exact) mass is 259 g/mol. The molecule has 0 amide bonds. The van der Waals surface area contributed by atoms with Gasteiger partial charge in [0.1, 0.15) is 0 Å². The van der Waals surface area contributed by atoms with Crippen molar-refractivity contribution in [2.24, 2.45) is 5.92 Å². The Kier molecular flexibility index (Phi) is 11.6. The summed E-state index contributed by atoms with van der Waals surface area (Å²) >= 11 is 2.12. The van der Waals surface area contributed by atoms with Crippen LogP contribution in [0.5, 0.6) is 0 Å². The van der Waals surface area contributed by atoms with Crippen LogP contribution in [0.4, 0.5) is 0 Å². The van der Waals surface area contributed by atoms with Gasteiger partial charge in [-0.05, 0) is 25.8 Å². The number of hydrogen-bond donors (Lipinski definition) is 1. The standard InChI is InChI=1S/C15H33NS/c1-6-9-10-14(8-3)11-15(16-5)12-17-13(4)7-2/h13-16H,6-12H2,1-5H3. The number of nitrogens with one attached hydrogen (secondary N) is 1. The maximum absolute atomic E-state index is 3.50. The summed E-state index contributed by atoms with van der Waals surface area (Å²) in [6, 6.07) is 0.704. The Labute approximate surface area is 114 Å². The lowest BCUT2D eigenvalue weighted by molar-refractivity contribution is 0.375. The minimum atomic E-state index is 0.704. The van der Waals surface area contributed by atoms with Gasteiger partial charge in [-0.2, -0.15) is 11.8 Å². The van der Waals surface area contributed by atoms with Gasteiger partial charge in [-0.15, -0.1) is 0 Å². The summed E-state index contributed by atoms with van der Waals surface area (Å²) in [5, 5.41) is 4.31. The van der Waals surface area contributed by atoms with E-state index in [0.717, 1.165) is 11.2 Å². The molecule has 0 rings (SSSR count). The fourth-order valence-electron chi connectivity index (χ4n) is 2.05. The van der Waals surface area contributed by atoms with Crippen molar-refractivity contribution in [3.05, 3.63) is 0 Å². The highest BCUT2D eigenvalue weighted by Gasteiger charge is 2.14. The molecule has 1 N–H and O–H groups in total. The average molecular weight is 260 g/mol. The molecule has 0 spiro atoms. The van der Waals surface area contributed by atoms with Crippen LogP contribution in [0, 0.1) is 5.92 Å². The fourth-order valence-corrected chi connectivity index (χ4v) is 3.15. The first-order valence-corrected chi connectivity index (χ1v) is 8.51. The third kappa shape index (κ3) is 8.96. The van der Waals surface area contributed by atoms with Gasteiger partial charge in [0.05, 0.1) is 0 Å². The minimum absolute atomic E-state index is 0.704. The van der Waals surface area contributed by atoms with Crippen molar-refractivity contribution < 1.29 is 0 Å². The lowest BCUT2D eigenvalue weighted by Crippen LogP contribution is -2.30. The predicted octanol–water partition coefficient (Wildman–Crippen LogP) is 4.71. The van der Waals surface area contributed by atoms with Crippen LogP contribution in [0.15, 0.2) is 0 Å². The summed E-state index contributed by atoms with van der Waals surface area (Å²) in [5.41, 5.74) is 0. The molecular formula is C15H33NS. The quantitative estimate of drug-likeness (QED) is 0.576. The molecule has 0 bridgehead atoms. The summed E-state index contributed by atoms with van der Waals surface area (Å²) in [6.45, 7) is 9.25. The molecule has 0 aliphatic carbocycles. The molecule has 0 aromatic heterocycles. The largest absolute Gasteiger partial charge is 0.316 e. The molecule has 0 saturated carbocycles. The maximum atomic E-state index is 3.50. The van der Waals surface area contributed by atoms with Crippen LogP contribution in [0.3, 0.4) is 0 Å². The van der Waals surface area contributed by atoms with E-state index in [1.807, 2.05) is 0 Å². The second-order valence-electron chi connectivity index (χ2n) is 5.19. The van der Waals surface area contributed by atoms with Crippen molar-refractivity contribution in [1.29, 1.82) is 0 Å². The third-order valence-electron chi connectivity index (χ3n) is 3.73. The normalized spacial score (nSPS) is 16.8. The van der Waals surface area contributed by atoms with Gasteiger partial charge in [-0.3, -0.25) is 0 Å². The highest BCUT2D eigenvalue weighted by Crippen LogP contribution is 2.22. The van der Waals surface area contributed by atoms with Crippen molar-refractivity contribution >= 4 is 11.8 Å². The number of hydrogen-bond acceptors (Lipinski definition) is 2. The van der Waals surface area contributed by atoms with Gasteiger partial charge in [-0.1, -0.05) is 53.4 Å². The van der Waals surface area contributed by atoms with E-state index in [4.69, 9.17) is 0 Å². The summed E-state index contributed by atoms with van der Waals surface area (Å²) in [4.78, 5) is 0. The summed E-state index contributed by atoms with van der Waals surface area (Å²) < 4.78 is 0. The van der Waals surface area contributed by atoms with E-state index in [1.54, 1.807) is 0 Å². The van der Waals surface area contributed by atoms with Crippen molar-refractivity contribution in [2.75, 3.05) is 12.8 Å². The molecule has 1 nitrogen and oxygen atoms in total. The minimum Gasteiger partial charge on any atom is -0.316 e. The second-order valence-corrected chi connectivity index (χ2v) is 6.66. The first-order valence-electron chi connectivity index (χ1n) is 7.46. The van der Waals surface area contributed by atoms with Gasteiger partial charge in [0.15, 0.2) is 0 Å². The molecule has 0 aromatic rings. The molecule has 0 aromatic carbocycles. The molecule has 104 valence electrons. The average Bonchev–Trinajstić information content (AvgIpc) is 2.37. The van der Waals surface area contributed by atoms with Crippen LogP contribution in [0.25, 0.3) is 0 Å². The fraction of sp³-hybridized carbons (Fsp3) is 1.00. The van der Waals surface area contributed by atoms with Crippen LogP contribution in [0.2, 0.25) is 0 Å². The Hall–Kier alpha value is 0.310. The number of unbranched alkanes of at least 4 members (excludes halogenated alkanes) is 1. The van der Waals surface area contributed by atoms with E-state index in [2.05, 4.69) is 51.8 Å². The van der Waals surface area contributed by atoms with Gasteiger partial charge in [-0.25, -0.2) is 0 Å². The van der Waals surface area contributed by atoms with Gasteiger partial charge >= 0.3 is 0 Å². The van der Waals surface area contributed by atoms with Crippen LogP contribution < -0.4 is 5.32 Å². The molecule has 0 heterocycles. The highest BCUT2D eigenvalue weighted by atomic mass is 32.2. The van der Waals surface area contributed by atoms with Crippen molar-refractivity contribution in [3.63, 3.8) is 0 Å². The number of rotatable bonds is 11. The van der Waals surface area contributed by atoms with E-state index >= 15 is 0 Å². The zero-order valence-electron chi connectivity index (χ0n) is 12.6. The van der Waals surface area contributed by atoms with E-state index in [9.17, 15) is 0 Å². The van der Waals surface area contributed by atoms with Crippen LogP contribution in [0.1, 0.15) is 66.2 Å². The van der Waals surface area contributed by atoms with E-state index in [1.165, 1.54) is 44.3 Å². The van der Waals surface area contributed by atoms with Crippen molar-refractivity contribution in [3.8, 4) is 0 Å². The Morgan fingerprint density at radius 1 is 1.12 bits per heavy atom. The van der Waals surface area contributed by atoms with Gasteiger partial charge in [0.2, 0.25) is 0 Å². The molecule has 0 saturated heterocycles. The molecule has 3 atom stereocenters. The lowest BCUT2D eigenvalue weighted by Gasteiger charge is -2.23. The van der Waals surface area contributed by atoms with Crippen molar-refractivity contribution in [2.45, 2.75) is 77.5 Å². The Balaban J connectivity index is 3.90. The van der Waals surface area contributed by atoms with Crippen LogP contribution >= 0.6 is 11.8 Å². The number of thioether (sulfide) groups is 1. The van der Waals surface area contributed by atoms with Crippen LogP contribution in [-0.4, -0.2) is 24.1 Å². The second kappa shape index (κ2) is 11.4. The molecule has 0 aliphatic rings. The molecule has 0 radical (unpaired) electrons. The molecule has 17 heavy (non-hydrogen) atoms. The first-order chi connectivity index (χ1) is 8.17. The van der Waals surface area contributed by atoms with Crippen molar-refractivity contribution in [1.82, 2.24) is 5.32 Å². The van der Waals surface area contributed by atoms with Crippen LogP contribution in [-0.2, 0) is 0 Å². The topological polar surface area (TPSA) is 12.0 Å². The lowest BCUT2D eigenvalue weighted by atomic mass is 9.93. The zero-order valence-corrected chi connectivity index (χ0v) is 13.4. The Morgan fingerprint density at radius 3 is 2.29 bits per heavy atom. The smallest absolute Gasteiger partial charge is 0.0157 e. The van der Waals surface area contributed by atoms with E-state index in [0.29, 0.717) is 6.04 Å².